The van der Waals surface area contributed by atoms with E-state index in [2.05, 4.69) is 6.92 Å². The SMILES string of the molecule is C.CCCCC1CCC(c2ccc(-c3ccc(F)c(F)c3Oc3cc(F)c(F)c(F)c3)cc2)CC1. The number of rotatable bonds is 7. The number of ether oxygens (including phenoxy) is 1. The molecule has 6 heteroatoms. The molecular formula is C29H31F5O. The minimum Gasteiger partial charge on any atom is -0.453 e. The van der Waals surface area contributed by atoms with Crippen molar-refractivity contribution >= 4 is 0 Å². The maximum atomic E-state index is 14.6. The van der Waals surface area contributed by atoms with Gasteiger partial charge in [-0.05, 0) is 60.8 Å². The summed E-state index contributed by atoms with van der Waals surface area (Å²) in [6, 6.07) is 11.1. The van der Waals surface area contributed by atoms with E-state index in [0.717, 1.165) is 24.8 Å². The third-order valence-electron chi connectivity index (χ3n) is 6.73. The van der Waals surface area contributed by atoms with E-state index in [-0.39, 0.29) is 13.0 Å². The molecule has 0 atom stereocenters. The molecule has 0 spiro atoms. The summed E-state index contributed by atoms with van der Waals surface area (Å²) in [5.74, 6) is -6.81. The van der Waals surface area contributed by atoms with Gasteiger partial charge < -0.3 is 4.74 Å². The number of hydrogen-bond donors (Lipinski definition) is 0. The Hall–Kier alpha value is -2.89. The first kappa shape index (κ1) is 26.7. The molecule has 0 aromatic heterocycles. The average Bonchev–Trinajstić information content (AvgIpc) is 2.85. The van der Waals surface area contributed by atoms with Crippen molar-refractivity contribution in [2.75, 3.05) is 0 Å². The largest absolute Gasteiger partial charge is 0.453 e. The van der Waals surface area contributed by atoms with E-state index in [1.807, 2.05) is 24.3 Å². The minimum absolute atomic E-state index is 0. The molecule has 1 aliphatic carbocycles. The standard InChI is InChI=1S/C28H27F5O.CH4/c1-2-3-4-17-5-7-18(8-6-17)19-9-11-20(12-10-19)22-13-14-23(29)27(33)28(22)34-21-15-24(30)26(32)25(31)16-21;/h9-18H,2-8H2,1H3;1H4. The van der Waals surface area contributed by atoms with Crippen molar-refractivity contribution in [3.8, 4) is 22.6 Å². The molecule has 0 amide bonds. The van der Waals surface area contributed by atoms with Crippen molar-refractivity contribution in [1.82, 2.24) is 0 Å². The summed E-state index contributed by atoms with van der Waals surface area (Å²) < 4.78 is 74.4. The van der Waals surface area contributed by atoms with E-state index in [0.29, 0.717) is 23.6 Å². The molecule has 0 saturated heterocycles. The Kier molecular flexibility index (Phi) is 8.92. The minimum atomic E-state index is -1.66. The van der Waals surface area contributed by atoms with Gasteiger partial charge in [-0.2, -0.15) is 4.39 Å². The lowest BCUT2D eigenvalue weighted by Gasteiger charge is -2.29. The first-order valence-electron chi connectivity index (χ1n) is 11.8. The zero-order valence-electron chi connectivity index (χ0n) is 19.0. The van der Waals surface area contributed by atoms with Crippen molar-refractivity contribution in [2.24, 2.45) is 5.92 Å². The highest BCUT2D eigenvalue weighted by Crippen LogP contribution is 2.40. The summed E-state index contributed by atoms with van der Waals surface area (Å²) >= 11 is 0. The predicted octanol–water partition coefficient (Wildman–Crippen LogP) is 9.94. The maximum Gasteiger partial charge on any atom is 0.201 e. The summed E-state index contributed by atoms with van der Waals surface area (Å²) in [6.07, 6.45) is 8.51. The quantitative estimate of drug-likeness (QED) is 0.236. The van der Waals surface area contributed by atoms with Crippen LogP contribution in [-0.2, 0) is 0 Å². The molecule has 1 fully saturated rings. The van der Waals surface area contributed by atoms with Crippen LogP contribution in [0.5, 0.6) is 11.5 Å². The van der Waals surface area contributed by atoms with Crippen LogP contribution >= 0.6 is 0 Å². The van der Waals surface area contributed by atoms with E-state index in [1.165, 1.54) is 43.7 Å². The second kappa shape index (κ2) is 11.7. The van der Waals surface area contributed by atoms with Crippen LogP contribution in [0.15, 0.2) is 48.5 Å². The molecule has 0 N–H and O–H groups in total. The van der Waals surface area contributed by atoms with Gasteiger partial charge in [0.05, 0.1) is 0 Å². The van der Waals surface area contributed by atoms with Crippen LogP contribution in [0.25, 0.3) is 11.1 Å². The zero-order chi connectivity index (χ0) is 24.2. The first-order valence-corrected chi connectivity index (χ1v) is 11.8. The van der Waals surface area contributed by atoms with Gasteiger partial charge in [-0.1, -0.05) is 57.9 Å². The lowest BCUT2D eigenvalue weighted by Crippen LogP contribution is -2.13. The van der Waals surface area contributed by atoms with Gasteiger partial charge in [-0.25, -0.2) is 17.6 Å². The predicted molar refractivity (Wildman–Crippen MR) is 129 cm³/mol. The van der Waals surface area contributed by atoms with Crippen LogP contribution in [0, 0.1) is 35.0 Å². The highest BCUT2D eigenvalue weighted by Gasteiger charge is 2.23. The highest BCUT2D eigenvalue weighted by atomic mass is 19.2. The van der Waals surface area contributed by atoms with Gasteiger partial charge in [0, 0.05) is 17.7 Å². The topological polar surface area (TPSA) is 9.23 Å². The lowest BCUT2D eigenvalue weighted by molar-refractivity contribution is 0.304. The normalized spacial score (nSPS) is 17.7. The number of hydrogen-bond acceptors (Lipinski definition) is 1. The second-order valence-electron chi connectivity index (χ2n) is 9.02. The molecule has 35 heavy (non-hydrogen) atoms. The van der Waals surface area contributed by atoms with Crippen LogP contribution < -0.4 is 4.74 Å². The first-order chi connectivity index (χ1) is 16.4. The lowest BCUT2D eigenvalue weighted by atomic mass is 9.77. The number of halogens is 5. The summed E-state index contributed by atoms with van der Waals surface area (Å²) in [5, 5.41) is 0. The zero-order valence-corrected chi connectivity index (χ0v) is 19.0. The molecule has 0 aliphatic heterocycles. The molecule has 3 aromatic rings. The van der Waals surface area contributed by atoms with Gasteiger partial charge in [-0.15, -0.1) is 0 Å². The molecule has 0 bridgehead atoms. The molecule has 0 heterocycles. The number of benzene rings is 3. The fourth-order valence-corrected chi connectivity index (χ4v) is 4.78. The van der Waals surface area contributed by atoms with E-state index in [1.54, 1.807) is 0 Å². The van der Waals surface area contributed by atoms with Crippen LogP contribution in [0.1, 0.15) is 70.8 Å². The van der Waals surface area contributed by atoms with Gasteiger partial charge in [0.15, 0.2) is 29.0 Å². The van der Waals surface area contributed by atoms with E-state index < -0.39 is 40.6 Å². The maximum absolute atomic E-state index is 14.6. The third-order valence-corrected chi connectivity index (χ3v) is 6.73. The summed E-state index contributed by atoms with van der Waals surface area (Å²) in [5.41, 5.74) is 1.99. The van der Waals surface area contributed by atoms with Crippen LogP contribution in [0.3, 0.4) is 0 Å². The molecule has 0 radical (unpaired) electrons. The van der Waals surface area contributed by atoms with Gasteiger partial charge in [0.2, 0.25) is 5.82 Å². The van der Waals surface area contributed by atoms with Crippen LogP contribution in [0.2, 0.25) is 0 Å². The van der Waals surface area contributed by atoms with E-state index >= 15 is 0 Å². The molecule has 1 aliphatic rings. The highest BCUT2D eigenvalue weighted by molar-refractivity contribution is 5.71. The van der Waals surface area contributed by atoms with Crippen LogP contribution in [0.4, 0.5) is 22.0 Å². The van der Waals surface area contributed by atoms with Crippen LogP contribution in [-0.4, -0.2) is 0 Å². The van der Waals surface area contributed by atoms with Crippen molar-refractivity contribution in [1.29, 1.82) is 0 Å². The Morgan fingerprint density at radius 2 is 1.40 bits per heavy atom. The molecule has 3 aromatic carbocycles. The molecule has 1 nitrogen and oxygen atoms in total. The fraction of sp³-hybridized carbons (Fsp3) is 0.379. The Morgan fingerprint density at radius 1 is 0.771 bits per heavy atom. The average molecular weight is 491 g/mol. The van der Waals surface area contributed by atoms with Crippen molar-refractivity contribution in [3.05, 3.63) is 83.2 Å². The Bertz CT molecular complexity index is 1110. The van der Waals surface area contributed by atoms with Gasteiger partial charge in [0.25, 0.3) is 0 Å². The van der Waals surface area contributed by atoms with Gasteiger partial charge in [-0.3, -0.25) is 0 Å². The summed E-state index contributed by atoms with van der Waals surface area (Å²) in [4.78, 5) is 0. The fourth-order valence-electron chi connectivity index (χ4n) is 4.78. The smallest absolute Gasteiger partial charge is 0.201 e. The molecule has 0 unspecified atom stereocenters. The summed E-state index contributed by atoms with van der Waals surface area (Å²) in [7, 11) is 0. The van der Waals surface area contributed by atoms with Gasteiger partial charge in [0.1, 0.15) is 5.75 Å². The Labute approximate surface area is 204 Å². The van der Waals surface area contributed by atoms with Gasteiger partial charge >= 0.3 is 0 Å². The monoisotopic (exact) mass is 490 g/mol. The molecule has 4 rings (SSSR count). The summed E-state index contributed by atoms with van der Waals surface area (Å²) in [6.45, 7) is 2.22. The second-order valence-corrected chi connectivity index (χ2v) is 9.02. The Balaban J connectivity index is 0.00000342. The van der Waals surface area contributed by atoms with Crippen molar-refractivity contribution in [3.63, 3.8) is 0 Å². The number of unbranched alkanes of at least 4 members (excludes halogenated alkanes) is 1. The Morgan fingerprint density at radius 3 is 2.00 bits per heavy atom. The van der Waals surface area contributed by atoms with Crippen molar-refractivity contribution in [2.45, 2.75) is 65.2 Å². The molecule has 188 valence electrons. The third kappa shape index (κ3) is 6.03. The molecular weight excluding hydrogens is 459 g/mol. The van der Waals surface area contributed by atoms with E-state index in [4.69, 9.17) is 4.74 Å². The van der Waals surface area contributed by atoms with E-state index in [9.17, 15) is 22.0 Å². The molecule has 1 saturated carbocycles. The van der Waals surface area contributed by atoms with Crippen molar-refractivity contribution < 1.29 is 26.7 Å².